The maximum absolute atomic E-state index is 6.08. The molecule has 0 spiro atoms. The van der Waals surface area contributed by atoms with E-state index in [0.717, 1.165) is 21.9 Å². The van der Waals surface area contributed by atoms with Crippen LogP contribution in [0.5, 0.6) is 0 Å². The molecule has 136 valence electrons. The van der Waals surface area contributed by atoms with Crippen molar-refractivity contribution < 1.29 is 0 Å². The number of aromatic nitrogens is 4. The van der Waals surface area contributed by atoms with Crippen molar-refractivity contribution in [3.8, 4) is 32.3 Å². The van der Waals surface area contributed by atoms with Gasteiger partial charge in [-0.25, -0.2) is 5.10 Å². The molecule has 2 aromatic heterocycles. The number of hydrogen-bond acceptors (Lipinski definition) is 4. The van der Waals surface area contributed by atoms with Crippen molar-refractivity contribution in [1.29, 1.82) is 0 Å². The minimum atomic E-state index is 0.684. The van der Waals surface area contributed by atoms with Gasteiger partial charge in [0.05, 0.1) is 4.88 Å². The molecule has 27 heavy (non-hydrogen) atoms. The van der Waals surface area contributed by atoms with E-state index in [1.54, 1.807) is 11.3 Å². The zero-order valence-corrected chi connectivity index (χ0v) is 16.5. The third-order valence-corrected chi connectivity index (χ3v) is 5.92. The number of nitrogens with zero attached hydrogens (tertiary/aromatic N) is 3. The molecule has 1 N–H and O–H groups in total. The second-order valence-electron chi connectivity index (χ2n) is 6.41. The molecule has 0 aliphatic rings. The van der Waals surface area contributed by atoms with Crippen molar-refractivity contribution >= 4 is 22.9 Å². The molecule has 0 amide bonds. The molecule has 6 heteroatoms. The molecule has 0 saturated heterocycles. The molecule has 4 aromatic rings. The third kappa shape index (κ3) is 3.94. The smallest absolute Gasteiger partial charge is 0.189 e. The van der Waals surface area contributed by atoms with Crippen LogP contribution in [0.2, 0.25) is 5.02 Å². The van der Waals surface area contributed by atoms with Crippen LogP contribution in [0.4, 0.5) is 0 Å². The Kier molecular flexibility index (Phi) is 5.32. The quantitative estimate of drug-likeness (QED) is 0.420. The largest absolute Gasteiger partial charge is 0.238 e. The van der Waals surface area contributed by atoms with Crippen LogP contribution >= 0.6 is 22.9 Å². The molecule has 2 heterocycles. The summed E-state index contributed by atoms with van der Waals surface area (Å²) in [6.07, 6.45) is 3.50. The first-order valence-electron chi connectivity index (χ1n) is 8.98. The summed E-state index contributed by atoms with van der Waals surface area (Å²) in [7, 11) is 0. The summed E-state index contributed by atoms with van der Waals surface area (Å²) in [4.78, 5) is 2.20. The lowest BCUT2D eigenvalue weighted by Crippen LogP contribution is -1.86. The summed E-state index contributed by atoms with van der Waals surface area (Å²) in [6, 6.07) is 18.9. The molecule has 0 fully saturated rings. The zero-order valence-electron chi connectivity index (χ0n) is 14.9. The van der Waals surface area contributed by atoms with E-state index in [9.17, 15) is 0 Å². The highest BCUT2D eigenvalue weighted by Gasteiger charge is 2.16. The Morgan fingerprint density at radius 1 is 1.04 bits per heavy atom. The van der Waals surface area contributed by atoms with Crippen LogP contribution in [-0.4, -0.2) is 20.6 Å². The fourth-order valence-corrected chi connectivity index (χ4v) is 4.32. The van der Waals surface area contributed by atoms with Gasteiger partial charge >= 0.3 is 0 Å². The lowest BCUT2D eigenvalue weighted by Gasteiger charge is -2.07. The van der Waals surface area contributed by atoms with Crippen LogP contribution in [0, 0.1) is 0 Å². The van der Waals surface area contributed by atoms with Gasteiger partial charge in [0.15, 0.2) is 5.82 Å². The Labute approximate surface area is 167 Å². The molecular formula is C21H19ClN4S. The van der Waals surface area contributed by atoms with Gasteiger partial charge in [-0.3, -0.25) is 0 Å². The normalized spacial score (nSPS) is 11.0. The van der Waals surface area contributed by atoms with E-state index < -0.39 is 0 Å². The van der Waals surface area contributed by atoms with Crippen LogP contribution in [0.15, 0.2) is 54.6 Å². The number of aromatic amines is 1. The van der Waals surface area contributed by atoms with Gasteiger partial charge in [-0.2, -0.15) is 0 Å². The van der Waals surface area contributed by atoms with Crippen LogP contribution in [0.3, 0.4) is 0 Å². The summed E-state index contributed by atoms with van der Waals surface area (Å²) in [5.74, 6) is 0.684. The Morgan fingerprint density at radius 3 is 2.63 bits per heavy atom. The number of hydrogen-bond donors (Lipinski definition) is 1. The summed E-state index contributed by atoms with van der Waals surface area (Å²) < 4.78 is 0. The molecular weight excluding hydrogens is 376 g/mol. The predicted octanol–water partition coefficient (Wildman–Crippen LogP) is 6.26. The third-order valence-electron chi connectivity index (χ3n) is 4.47. The minimum absolute atomic E-state index is 0.684. The van der Waals surface area contributed by atoms with Crippen molar-refractivity contribution in [2.45, 2.75) is 26.2 Å². The molecule has 0 unspecified atom stereocenters. The van der Waals surface area contributed by atoms with Crippen molar-refractivity contribution in [2.24, 2.45) is 0 Å². The molecule has 0 saturated carbocycles. The van der Waals surface area contributed by atoms with E-state index in [-0.39, 0.29) is 0 Å². The second kappa shape index (κ2) is 8.03. The SMILES string of the molecule is CCCCc1cccc(-c2cc(-c3nnn[nH]3)sc2-c2ccc(Cl)cc2)c1. The van der Waals surface area contributed by atoms with Crippen molar-refractivity contribution in [1.82, 2.24) is 20.6 Å². The molecule has 0 radical (unpaired) electrons. The highest BCUT2D eigenvalue weighted by molar-refractivity contribution is 7.19. The number of rotatable bonds is 6. The fraction of sp³-hybridized carbons (Fsp3) is 0.190. The van der Waals surface area contributed by atoms with Crippen molar-refractivity contribution in [3.05, 3.63) is 65.2 Å². The average molecular weight is 395 g/mol. The van der Waals surface area contributed by atoms with Crippen molar-refractivity contribution in [2.75, 3.05) is 0 Å². The maximum atomic E-state index is 6.08. The van der Waals surface area contributed by atoms with Crippen LogP contribution < -0.4 is 0 Å². The zero-order chi connectivity index (χ0) is 18.6. The van der Waals surface area contributed by atoms with Gasteiger partial charge in [0.2, 0.25) is 0 Å². The van der Waals surface area contributed by atoms with Gasteiger partial charge in [-0.05, 0) is 58.2 Å². The first kappa shape index (κ1) is 17.9. The molecule has 0 bridgehead atoms. The van der Waals surface area contributed by atoms with E-state index in [1.165, 1.54) is 34.4 Å². The number of aryl methyl sites for hydroxylation is 1. The van der Waals surface area contributed by atoms with E-state index >= 15 is 0 Å². The first-order valence-corrected chi connectivity index (χ1v) is 10.2. The monoisotopic (exact) mass is 394 g/mol. The Morgan fingerprint density at radius 2 is 1.89 bits per heavy atom. The average Bonchev–Trinajstić information content (AvgIpc) is 3.37. The number of H-pyrrole nitrogens is 1. The molecule has 2 aromatic carbocycles. The van der Waals surface area contributed by atoms with Crippen LogP contribution in [0.1, 0.15) is 25.3 Å². The lowest BCUT2D eigenvalue weighted by atomic mass is 9.98. The topological polar surface area (TPSA) is 54.5 Å². The number of tetrazole rings is 1. The molecule has 4 nitrogen and oxygen atoms in total. The summed E-state index contributed by atoms with van der Waals surface area (Å²) in [5.41, 5.74) is 4.90. The van der Waals surface area contributed by atoms with Gasteiger partial charge < -0.3 is 0 Å². The van der Waals surface area contributed by atoms with Gasteiger partial charge in [0.25, 0.3) is 0 Å². The van der Waals surface area contributed by atoms with E-state index in [4.69, 9.17) is 11.6 Å². The Balaban J connectivity index is 1.82. The molecule has 0 atom stereocenters. The number of nitrogens with one attached hydrogen (secondary N) is 1. The van der Waals surface area contributed by atoms with E-state index in [0.29, 0.717) is 5.82 Å². The highest BCUT2D eigenvalue weighted by Crippen LogP contribution is 2.42. The predicted molar refractivity (Wildman–Crippen MR) is 112 cm³/mol. The first-order chi connectivity index (χ1) is 13.2. The van der Waals surface area contributed by atoms with Gasteiger partial charge in [-0.1, -0.05) is 61.3 Å². The molecule has 0 aliphatic heterocycles. The molecule has 0 aliphatic carbocycles. The standard InChI is InChI=1S/C21H19ClN4S/c1-2-3-5-14-6-4-7-16(12-14)18-13-19(21-23-25-26-24-21)27-20(18)15-8-10-17(22)11-9-15/h4,6-13H,2-3,5H2,1H3,(H,23,24,25,26). The summed E-state index contributed by atoms with van der Waals surface area (Å²) in [6.45, 7) is 2.22. The molecule has 4 rings (SSSR count). The van der Waals surface area contributed by atoms with Gasteiger partial charge in [0.1, 0.15) is 0 Å². The van der Waals surface area contributed by atoms with Gasteiger partial charge in [0, 0.05) is 15.5 Å². The summed E-state index contributed by atoms with van der Waals surface area (Å²) in [5, 5.41) is 15.1. The number of benzene rings is 2. The van der Waals surface area contributed by atoms with Crippen molar-refractivity contribution in [3.63, 3.8) is 0 Å². The minimum Gasteiger partial charge on any atom is -0.238 e. The van der Waals surface area contributed by atoms with Gasteiger partial charge in [-0.15, -0.1) is 16.4 Å². The number of thiophene rings is 1. The number of halogens is 1. The second-order valence-corrected chi connectivity index (χ2v) is 7.90. The summed E-state index contributed by atoms with van der Waals surface area (Å²) >= 11 is 7.76. The van der Waals surface area contributed by atoms with Crippen LogP contribution in [-0.2, 0) is 6.42 Å². The van der Waals surface area contributed by atoms with Crippen LogP contribution in [0.25, 0.3) is 32.3 Å². The highest BCUT2D eigenvalue weighted by atomic mass is 35.5. The van der Waals surface area contributed by atoms with E-state index in [1.807, 2.05) is 12.1 Å². The lowest BCUT2D eigenvalue weighted by molar-refractivity contribution is 0.795. The van der Waals surface area contributed by atoms with E-state index in [2.05, 4.69) is 70.0 Å². The Bertz CT molecular complexity index is 1020. The fourth-order valence-electron chi connectivity index (χ4n) is 3.08. The maximum Gasteiger partial charge on any atom is 0.189 e. The number of unbranched alkanes of at least 4 members (excludes halogenated alkanes) is 1. The Hall–Kier alpha value is -2.50.